The summed E-state index contributed by atoms with van der Waals surface area (Å²) in [5.74, 6) is 0.485. The minimum Gasteiger partial charge on any atom is -0.390 e. The van der Waals surface area contributed by atoms with E-state index in [4.69, 9.17) is 11.6 Å². The Morgan fingerprint density at radius 2 is 2.10 bits per heavy atom. The quantitative estimate of drug-likeness (QED) is 0.732. The van der Waals surface area contributed by atoms with Crippen LogP contribution in [0.15, 0.2) is 18.3 Å². The number of carbonyl (C=O) groups is 1. The maximum Gasteiger partial charge on any atom is 0.275 e. The van der Waals surface area contributed by atoms with Gasteiger partial charge in [0.05, 0.1) is 5.60 Å². The molecule has 4 fully saturated rings. The van der Waals surface area contributed by atoms with Crippen LogP contribution in [0, 0.1) is 23.6 Å². The third-order valence-corrected chi connectivity index (χ3v) is 7.53. The normalized spacial score (nSPS) is 31.1. The second-order valence-electron chi connectivity index (χ2n) is 9.39. The second-order valence-corrected chi connectivity index (χ2v) is 9.82. The molecule has 9 heteroatoms. The lowest BCUT2D eigenvalue weighted by atomic mass is 9.52. The molecule has 2 heterocycles. The van der Waals surface area contributed by atoms with Gasteiger partial charge in [-0.15, -0.1) is 0 Å². The lowest BCUT2D eigenvalue weighted by Crippen LogP contribution is -2.61. The first-order valence-electron chi connectivity index (χ1n) is 10.9. The van der Waals surface area contributed by atoms with E-state index in [0.29, 0.717) is 36.1 Å². The van der Waals surface area contributed by atoms with Gasteiger partial charge in [0.25, 0.3) is 5.91 Å². The number of anilines is 2. The molecule has 166 valence electrons. The van der Waals surface area contributed by atoms with Crippen molar-refractivity contribution in [2.24, 2.45) is 17.8 Å². The fraction of sp³-hybridized carbons (Fsp3) is 0.591. The summed E-state index contributed by atoms with van der Waals surface area (Å²) in [5, 5.41) is 18.6. The SMILES string of the molecule is CCn1nc(C(=O)NC2C3CC4CC2CC(O)(C4)C3)c(F)c1N(C)c1cc(Cl)ccn1. The van der Waals surface area contributed by atoms with Gasteiger partial charge in [-0.25, -0.2) is 14.1 Å². The Kier molecular flexibility index (Phi) is 4.97. The fourth-order valence-electron chi connectivity index (χ4n) is 6.24. The highest BCUT2D eigenvalue weighted by atomic mass is 35.5. The van der Waals surface area contributed by atoms with Gasteiger partial charge in [-0.05, 0) is 68.9 Å². The molecule has 0 aromatic carbocycles. The standard InChI is InChI=1S/C22H27ClFN5O2/c1-3-29-21(28(2)16-8-15(23)4-5-25-16)17(24)19(27-29)20(30)26-18-13-6-12-7-14(18)11-22(31,9-12)10-13/h4-5,8,12-14,18,31H,3,6-7,9-11H2,1-2H3,(H,26,30). The first-order chi connectivity index (χ1) is 14.8. The summed E-state index contributed by atoms with van der Waals surface area (Å²) >= 11 is 6.06. The number of nitrogens with one attached hydrogen (secondary N) is 1. The number of aromatic nitrogens is 3. The molecule has 2 atom stereocenters. The molecule has 2 aromatic heterocycles. The summed E-state index contributed by atoms with van der Waals surface area (Å²) in [6.45, 7) is 2.24. The molecule has 0 saturated heterocycles. The predicted octanol–water partition coefficient (Wildman–Crippen LogP) is 3.53. The third-order valence-electron chi connectivity index (χ3n) is 7.29. The molecule has 7 nitrogen and oxygen atoms in total. The van der Waals surface area contributed by atoms with E-state index >= 15 is 4.39 Å². The van der Waals surface area contributed by atoms with Crippen molar-refractivity contribution in [2.45, 2.75) is 57.2 Å². The van der Waals surface area contributed by atoms with Crippen LogP contribution in [0.5, 0.6) is 0 Å². The number of aliphatic hydroxyl groups is 1. The van der Waals surface area contributed by atoms with Gasteiger partial charge < -0.3 is 15.3 Å². The number of hydrogen-bond donors (Lipinski definition) is 2. The lowest BCUT2D eigenvalue weighted by Gasteiger charge is -2.58. The van der Waals surface area contributed by atoms with Gasteiger partial charge in [0.15, 0.2) is 17.3 Å². The topological polar surface area (TPSA) is 83.3 Å². The summed E-state index contributed by atoms with van der Waals surface area (Å²) in [5.41, 5.74) is -0.787. The number of amides is 1. The van der Waals surface area contributed by atoms with Gasteiger partial charge in [-0.1, -0.05) is 11.6 Å². The van der Waals surface area contributed by atoms with Crippen LogP contribution in [-0.2, 0) is 6.54 Å². The Morgan fingerprint density at radius 1 is 1.39 bits per heavy atom. The highest BCUT2D eigenvalue weighted by Gasteiger charge is 2.55. The first kappa shape index (κ1) is 20.7. The van der Waals surface area contributed by atoms with Crippen molar-refractivity contribution in [3.63, 3.8) is 0 Å². The molecule has 0 radical (unpaired) electrons. The summed E-state index contributed by atoms with van der Waals surface area (Å²) in [6.07, 6.45) is 5.89. The minimum atomic E-state index is -0.675. The Bertz CT molecular complexity index is 1010. The van der Waals surface area contributed by atoms with Crippen LogP contribution >= 0.6 is 11.6 Å². The zero-order valence-electron chi connectivity index (χ0n) is 17.7. The molecule has 4 aliphatic rings. The number of halogens is 2. The molecule has 2 unspecified atom stereocenters. The number of hydrogen-bond acceptors (Lipinski definition) is 5. The number of pyridine rings is 1. The molecule has 2 N–H and O–H groups in total. The maximum absolute atomic E-state index is 15.5. The van der Waals surface area contributed by atoms with Gasteiger partial charge in [0.1, 0.15) is 5.82 Å². The van der Waals surface area contributed by atoms with Gasteiger partial charge in [0.2, 0.25) is 0 Å². The average Bonchev–Trinajstić information content (AvgIpc) is 3.05. The molecular formula is C22H27ClFN5O2. The molecule has 0 aliphatic heterocycles. The van der Waals surface area contributed by atoms with E-state index in [1.54, 1.807) is 30.3 Å². The van der Waals surface area contributed by atoms with E-state index in [2.05, 4.69) is 15.4 Å². The Balaban J connectivity index is 1.40. The zero-order valence-corrected chi connectivity index (χ0v) is 18.4. The molecular weight excluding hydrogens is 421 g/mol. The smallest absolute Gasteiger partial charge is 0.275 e. The summed E-state index contributed by atoms with van der Waals surface area (Å²) < 4.78 is 16.9. The molecule has 6 rings (SSSR count). The Morgan fingerprint density at radius 3 is 2.71 bits per heavy atom. The van der Waals surface area contributed by atoms with Crippen molar-refractivity contribution in [1.29, 1.82) is 0 Å². The van der Waals surface area contributed by atoms with Crippen LogP contribution < -0.4 is 10.2 Å². The van der Waals surface area contributed by atoms with Gasteiger partial charge in [-0.2, -0.15) is 5.10 Å². The van der Waals surface area contributed by atoms with Crippen molar-refractivity contribution in [1.82, 2.24) is 20.1 Å². The van der Waals surface area contributed by atoms with E-state index < -0.39 is 17.3 Å². The summed E-state index contributed by atoms with van der Waals surface area (Å²) in [7, 11) is 1.67. The monoisotopic (exact) mass is 447 g/mol. The molecule has 4 saturated carbocycles. The van der Waals surface area contributed by atoms with Gasteiger partial charge in [0, 0.05) is 30.9 Å². The first-order valence-corrected chi connectivity index (χ1v) is 11.3. The molecule has 31 heavy (non-hydrogen) atoms. The van der Waals surface area contributed by atoms with Crippen LogP contribution in [0.2, 0.25) is 5.02 Å². The van der Waals surface area contributed by atoms with Crippen molar-refractivity contribution >= 4 is 29.1 Å². The molecule has 1 amide bonds. The number of aryl methyl sites for hydroxylation is 1. The highest BCUT2D eigenvalue weighted by molar-refractivity contribution is 6.30. The van der Waals surface area contributed by atoms with Gasteiger partial charge in [-0.3, -0.25) is 4.79 Å². The third kappa shape index (κ3) is 3.49. The summed E-state index contributed by atoms with van der Waals surface area (Å²) in [4.78, 5) is 18.9. The largest absolute Gasteiger partial charge is 0.390 e. The minimum absolute atomic E-state index is 0.0359. The molecule has 0 spiro atoms. The maximum atomic E-state index is 15.5. The second kappa shape index (κ2) is 7.45. The predicted molar refractivity (Wildman–Crippen MR) is 115 cm³/mol. The molecule has 2 aromatic rings. The number of nitrogens with zero attached hydrogens (tertiary/aromatic N) is 4. The molecule has 4 bridgehead atoms. The molecule has 4 aliphatic carbocycles. The van der Waals surface area contributed by atoms with E-state index in [9.17, 15) is 9.90 Å². The van der Waals surface area contributed by atoms with E-state index in [-0.39, 0.29) is 29.4 Å². The van der Waals surface area contributed by atoms with Crippen LogP contribution in [0.1, 0.15) is 49.5 Å². The fourth-order valence-corrected chi connectivity index (χ4v) is 6.39. The number of carbonyl (C=O) groups excluding carboxylic acids is 1. The van der Waals surface area contributed by atoms with Crippen LogP contribution in [-0.4, -0.2) is 44.5 Å². The van der Waals surface area contributed by atoms with Crippen LogP contribution in [0.4, 0.5) is 16.0 Å². The van der Waals surface area contributed by atoms with Crippen molar-refractivity contribution in [3.8, 4) is 0 Å². The average molecular weight is 448 g/mol. The van der Waals surface area contributed by atoms with E-state index in [0.717, 1.165) is 19.3 Å². The van der Waals surface area contributed by atoms with E-state index in [1.165, 1.54) is 4.68 Å². The van der Waals surface area contributed by atoms with Gasteiger partial charge >= 0.3 is 0 Å². The summed E-state index contributed by atoms with van der Waals surface area (Å²) in [6, 6.07) is 3.24. The van der Waals surface area contributed by atoms with Crippen LogP contribution in [0.3, 0.4) is 0 Å². The Hall–Kier alpha value is -2.19. The lowest BCUT2D eigenvalue weighted by molar-refractivity contribution is -0.137. The van der Waals surface area contributed by atoms with Crippen molar-refractivity contribution in [3.05, 3.63) is 34.9 Å². The zero-order chi connectivity index (χ0) is 21.9. The van der Waals surface area contributed by atoms with E-state index in [1.807, 2.05) is 6.92 Å². The van der Waals surface area contributed by atoms with Crippen molar-refractivity contribution < 1.29 is 14.3 Å². The Labute approximate surface area is 185 Å². The number of rotatable bonds is 5. The van der Waals surface area contributed by atoms with Crippen molar-refractivity contribution in [2.75, 3.05) is 11.9 Å². The van der Waals surface area contributed by atoms with Crippen LogP contribution in [0.25, 0.3) is 0 Å². The highest BCUT2D eigenvalue weighted by Crippen LogP contribution is 2.55.